The fourth-order valence-electron chi connectivity index (χ4n) is 3.01. The summed E-state index contributed by atoms with van der Waals surface area (Å²) < 4.78 is 32.0. The van der Waals surface area contributed by atoms with Crippen molar-refractivity contribution < 1.29 is 27.7 Å². The third-order valence-corrected chi connectivity index (χ3v) is 6.94. The standard InChI is InChI=1S/C24H23N3O7S/c1-16-4-14-22(15-5-16)35(32,33)26(3)20-10-6-18(7-11-20)24(29)34-17(2)23(28)25-19-8-12-21(13-9-19)27(30)31/h4-15,17H,1-3H3,(H,25,28). The van der Waals surface area contributed by atoms with Crippen molar-refractivity contribution in [1.82, 2.24) is 0 Å². The Balaban J connectivity index is 1.63. The number of nitrogens with one attached hydrogen (secondary N) is 1. The van der Waals surface area contributed by atoms with Crippen LogP contribution in [0.15, 0.2) is 77.7 Å². The van der Waals surface area contributed by atoms with Crippen LogP contribution in [0.2, 0.25) is 0 Å². The summed E-state index contributed by atoms with van der Waals surface area (Å²) in [5.41, 5.74) is 1.59. The summed E-state index contributed by atoms with van der Waals surface area (Å²) in [6.07, 6.45) is -1.15. The number of hydrogen-bond donors (Lipinski definition) is 1. The second kappa shape index (κ2) is 10.3. The van der Waals surface area contributed by atoms with Crippen LogP contribution in [-0.4, -0.2) is 38.4 Å². The predicted octanol–water partition coefficient (Wildman–Crippen LogP) is 3.91. The van der Waals surface area contributed by atoms with Crippen molar-refractivity contribution >= 4 is 39.0 Å². The quantitative estimate of drug-likeness (QED) is 0.283. The minimum absolute atomic E-state index is 0.122. The third-order valence-electron chi connectivity index (χ3n) is 5.14. The summed E-state index contributed by atoms with van der Waals surface area (Å²) in [6, 6.07) is 17.4. The number of sulfonamides is 1. The number of amides is 1. The van der Waals surface area contributed by atoms with Gasteiger partial charge in [0.05, 0.1) is 21.1 Å². The van der Waals surface area contributed by atoms with Crippen LogP contribution in [0.4, 0.5) is 17.1 Å². The van der Waals surface area contributed by atoms with E-state index in [9.17, 15) is 28.1 Å². The molecule has 0 saturated heterocycles. The summed E-state index contributed by atoms with van der Waals surface area (Å²) in [7, 11) is -2.37. The second-order valence-electron chi connectivity index (χ2n) is 7.67. The Morgan fingerprint density at radius 3 is 2.09 bits per heavy atom. The number of aryl methyl sites for hydroxylation is 1. The van der Waals surface area contributed by atoms with Crippen LogP contribution in [-0.2, 0) is 19.6 Å². The van der Waals surface area contributed by atoms with Crippen LogP contribution < -0.4 is 9.62 Å². The molecule has 1 atom stereocenters. The van der Waals surface area contributed by atoms with E-state index in [2.05, 4.69) is 5.32 Å². The average Bonchev–Trinajstić information content (AvgIpc) is 2.84. The topological polar surface area (TPSA) is 136 Å². The van der Waals surface area contributed by atoms with Crippen LogP contribution in [0.25, 0.3) is 0 Å². The molecule has 10 nitrogen and oxygen atoms in total. The van der Waals surface area contributed by atoms with Gasteiger partial charge < -0.3 is 10.1 Å². The number of carbonyl (C=O) groups is 2. The molecular formula is C24H23N3O7S. The zero-order valence-electron chi connectivity index (χ0n) is 19.2. The first-order chi connectivity index (χ1) is 16.5. The highest BCUT2D eigenvalue weighted by atomic mass is 32.2. The minimum Gasteiger partial charge on any atom is -0.449 e. The number of carbonyl (C=O) groups excluding carboxylic acids is 2. The fourth-order valence-corrected chi connectivity index (χ4v) is 4.20. The lowest BCUT2D eigenvalue weighted by Gasteiger charge is -2.20. The van der Waals surface area contributed by atoms with E-state index in [0.717, 1.165) is 9.87 Å². The maximum absolute atomic E-state index is 12.8. The van der Waals surface area contributed by atoms with E-state index in [1.165, 1.54) is 74.6 Å². The van der Waals surface area contributed by atoms with Gasteiger partial charge in [0.25, 0.3) is 21.6 Å². The van der Waals surface area contributed by atoms with E-state index in [4.69, 9.17) is 4.74 Å². The van der Waals surface area contributed by atoms with Gasteiger partial charge in [0.1, 0.15) is 0 Å². The van der Waals surface area contributed by atoms with Crippen molar-refractivity contribution in [3.63, 3.8) is 0 Å². The number of nitro benzene ring substituents is 1. The van der Waals surface area contributed by atoms with Crippen molar-refractivity contribution in [1.29, 1.82) is 0 Å². The first-order valence-electron chi connectivity index (χ1n) is 10.4. The van der Waals surface area contributed by atoms with E-state index >= 15 is 0 Å². The molecule has 3 rings (SSSR count). The van der Waals surface area contributed by atoms with Gasteiger partial charge in [-0.15, -0.1) is 0 Å². The van der Waals surface area contributed by atoms with Gasteiger partial charge in [-0.3, -0.25) is 19.2 Å². The van der Waals surface area contributed by atoms with E-state index < -0.39 is 32.9 Å². The SMILES string of the molecule is Cc1ccc(S(=O)(=O)N(C)c2ccc(C(=O)OC(C)C(=O)Nc3ccc([N+](=O)[O-])cc3)cc2)cc1. The highest BCUT2D eigenvalue weighted by molar-refractivity contribution is 7.92. The van der Waals surface area contributed by atoms with E-state index in [0.29, 0.717) is 11.4 Å². The first-order valence-corrected chi connectivity index (χ1v) is 11.8. The molecule has 0 aliphatic rings. The molecule has 0 radical (unpaired) electrons. The summed E-state index contributed by atoms with van der Waals surface area (Å²) in [4.78, 5) is 35.1. The third kappa shape index (κ3) is 6.01. The van der Waals surface area contributed by atoms with Gasteiger partial charge in [-0.05, 0) is 62.4 Å². The fraction of sp³-hybridized carbons (Fsp3) is 0.167. The van der Waals surface area contributed by atoms with Crippen molar-refractivity contribution in [3.05, 3.63) is 94.0 Å². The van der Waals surface area contributed by atoms with Gasteiger partial charge in [0.2, 0.25) is 0 Å². The molecule has 11 heteroatoms. The van der Waals surface area contributed by atoms with Crippen molar-refractivity contribution in [3.8, 4) is 0 Å². The molecule has 0 spiro atoms. The Morgan fingerprint density at radius 1 is 0.971 bits per heavy atom. The lowest BCUT2D eigenvalue weighted by atomic mass is 10.2. The predicted molar refractivity (Wildman–Crippen MR) is 130 cm³/mol. The zero-order valence-corrected chi connectivity index (χ0v) is 20.0. The van der Waals surface area contributed by atoms with E-state index in [1.54, 1.807) is 12.1 Å². The largest absolute Gasteiger partial charge is 0.449 e. The summed E-state index contributed by atoms with van der Waals surface area (Å²) >= 11 is 0. The zero-order chi connectivity index (χ0) is 25.8. The number of anilines is 2. The molecule has 0 aromatic heterocycles. The number of nitro groups is 1. The van der Waals surface area contributed by atoms with E-state index in [-0.39, 0.29) is 16.1 Å². The van der Waals surface area contributed by atoms with Gasteiger partial charge in [0, 0.05) is 24.9 Å². The number of esters is 1. The summed E-state index contributed by atoms with van der Waals surface area (Å²) in [5, 5.41) is 13.2. The number of rotatable bonds is 8. The Morgan fingerprint density at radius 2 is 1.54 bits per heavy atom. The maximum atomic E-state index is 12.8. The molecule has 1 unspecified atom stereocenters. The van der Waals surface area contributed by atoms with Crippen molar-refractivity contribution in [2.75, 3.05) is 16.7 Å². The molecule has 3 aromatic carbocycles. The van der Waals surface area contributed by atoms with Crippen molar-refractivity contribution in [2.45, 2.75) is 24.8 Å². The molecule has 0 heterocycles. The van der Waals surface area contributed by atoms with Gasteiger partial charge >= 0.3 is 5.97 Å². The number of hydrogen-bond acceptors (Lipinski definition) is 7. The number of non-ortho nitro benzene ring substituents is 1. The van der Waals surface area contributed by atoms with Crippen LogP contribution in [0.1, 0.15) is 22.8 Å². The molecular weight excluding hydrogens is 474 g/mol. The Kier molecular flexibility index (Phi) is 7.50. The molecule has 1 N–H and O–H groups in total. The molecule has 1 amide bonds. The van der Waals surface area contributed by atoms with Crippen LogP contribution in [0, 0.1) is 17.0 Å². The lowest BCUT2D eigenvalue weighted by Crippen LogP contribution is -2.30. The van der Waals surface area contributed by atoms with Gasteiger partial charge in [-0.2, -0.15) is 0 Å². The molecule has 35 heavy (non-hydrogen) atoms. The number of benzene rings is 3. The second-order valence-corrected chi connectivity index (χ2v) is 9.64. The minimum atomic E-state index is -3.78. The highest BCUT2D eigenvalue weighted by Crippen LogP contribution is 2.23. The normalized spacial score (nSPS) is 11.9. The number of nitrogens with zero attached hydrogens (tertiary/aromatic N) is 2. The smallest absolute Gasteiger partial charge is 0.338 e. The highest BCUT2D eigenvalue weighted by Gasteiger charge is 2.23. The lowest BCUT2D eigenvalue weighted by molar-refractivity contribution is -0.384. The molecule has 0 bridgehead atoms. The molecule has 3 aromatic rings. The number of ether oxygens (including phenoxy) is 1. The molecule has 0 fully saturated rings. The molecule has 182 valence electrons. The van der Waals surface area contributed by atoms with Crippen LogP contribution >= 0.6 is 0 Å². The van der Waals surface area contributed by atoms with Crippen LogP contribution in [0.5, 0.6) is 0 Å². The maximum Gasteiger partial charge on any atom is 0.338 e. The Labute approximate surface area is 202 Å². The monoisotopic (exact) mass is 497 g/mol. The van der Waals surface area contributed by atoms with Gasteiger partial charge in [-0.25, -0.2) is 13.2 Å². The van der Waals surface area contributed by atoms with Gasteiger partial charge in [0.15, 0.2) is 6.10 Å². The van der Waals surface area contributed by atoms with Crippen molar-refractivity contribution in [2.24, 2.45) is 0 Å². The Hall–Kier alpha value is -4.25. The molecule has 0 aliphatic heterocycles. The average molecular weight is 498 g/mol. The van der Waals surface area contributed by atoms with Crippen LogP contribution in [0.3, 0.4) is 0 Å². The first kappa shape index (κ1) is 25.4. The Bertz CT molecular complexity index is 1340. The molecule has 0 saturated carbocycles. The molecule has 0 aliphatic carbocycles. The van der Waals surface area contributed by atoms with Gasteiger partial charge in [-0.1, -0.05) is 17.7 Å². The van der Waals surface area contributed by atoms with E-state index in [1.807, 2.05) is 6.92 Å². The summed E-state index contributed by atoms with van der Waals surface area (Å²) in [6.45, 7) is 3.24. The summed E-state index contributed by atoms with van der Waals surface area (Å²) in [5.74, 6) is -1.39.